The molecular weight excluding hydrogens is 392 g/mol. The second-order valence-corrected chi connectivity index (χ2v) is 6.62. The van der Waals surface area contributed by atoms with Gasteiger partial charge in [-0.3, -0.25) is 24.0 Å². The number of likely N-dealkylation sites (tertiary alicyclic amines) is 1. The number of rotatable bonds is 10. The van der Waals surface area contributed by atoms with Crippen LogP contribution in [0.3, 0.4) is 0 Å². The fourth-order valence-corrected chi connectivity index (χ4v) is 2.84. The molecule has 4 atom stereocenters. The number of nitrogens with one attached hydrogen (secondary N) is 2. The number of amides is 3. The number of hydrogen-bond acceptors (Lipinski definition) is 7. The highest BCUT2D eigenvalue weighted by Gasteiger charge is 2.37. The van der Waals surface area contributed by atoms with E-state index in [-0.39, 0.29) is 13.0 Å². The molecule has 0 bridgehead atoms. The maximum absolute atomic E-state index is 12.5. The molecule has 4 unspecified atom stereocenters. The minimum absolute atomic E-state index is 0.199. The zero-order chi connectivity index (χ0) is 22.3. The summed E-state index contributed by atoms with van der Waals surface area (Å²) in [6, 6.07) is -5.14. The molecule has 1 fully saturated rings. The van der Waals surface area contributed by atoms with Gasteiger partial charge in [0.25, 0.3) is 0 Å². The van der Waals surface area contributed by atoms with Gasteiger partial charge in [-0.2, -0.15) is 0 Å². The molecular formula is C16H24N4O9. The van der Waals surface area contributed by atoms with Gasteiger partial charge in [0.15, 0.2) is 0 Å². The number of carboxylic acid groups (broad SMARTS) is 3. The number of carboxylic acids is 3. The van der Waals surface area contributed by atoms with E-state index in [2.05, 4.69) is 5.32 Å². The maximum Gasteiger partial charge on any atom is 0.326 e. The van der Waals surface area contributed by atoms with Crippen molar-refractivity contribution in [2.24, 2.45) is 5.73 Å². The lowest BCUT2D eigenvalue weighted by atomic mass is 10.1. The molecule has 1 heterocycles. The predicted molar refractivity (Wildman–Crippen MR) is 94.4 cm³/mol. The first-order valence-electron chi connectivity index (χ1n) is 8.77. The molecule has 1 aliphatic rings. The van der Waals surface area contributed by atoms with Crippen molar-refractivity contribution in [2.75, 3.05) is 6.54 Å². The summed E-state index contributed by atoms with van der Waals surface area (Å²) in [5.74, 6) is -6.52. The summed E-state index contributed by atoms with van der Waals surface area (Å²) in [6.45, 7) is 1.47. The lowest BCUT2D eigenvalue weighted by Crippen LogP contribution is -2.56. The molecule has 162 valence electrons. The Kier molecular flexibility index (Phi) is 8.51. The van der Waals surface area contributed by atoms with Crippen molar-refractivity contribution in [3.8, 4) is 0 Å². The van der Waals surface area contributed by atoms with Crippen molar-refractivity contribution < 1.29 is 44.1 Å². The lowest BCUT2D eigenvalue weighted by Gasteiger charge is -2.27. The number of aliphatic carboxylic acids is 3. The van der Waals surface area contributed by atoms with E-state index in [0.717, 1.165) is 4.90 Å². The van der Waals surface area contributed by atoms with Gasteiger partial charge in [0, 0.05) is 6.54 Å². The minimum Gasteiger partial charge on any atom is -0.481 e. The van der Waals surface area contributed by atoms with Crippen LogP contribution in [0.4, 0.5) is 0 Å². The summed E-state index contributed by atoms with van der Waals surface area (Å²) in [6.07, 6.45) is -0.677. The highest BCUT2D eigenvalue weighted by molar-refractivity contribution is 5.95. The van der Waals surface area contributed by atoms with Crippen molar-refractivity contribution in [3.05, 3.63) is 0 Å². The van der Waals surface area contributed by atoms with Gasteiger partial charge in [0.1, 0.15) is 18.1 Å². The van der Waals surface area contributed by atoms with Gasteiger partial charge in [-0.25, -0.2) is 4.79 Å². The molecule has 0 aromatic carbocycles. The number of hydrogen-bond donors (Lipinski definition) is 6. The SMILES string of the molecule is CC(NC(=O)C1CCCN1C(=O)C(N)CC(=O)O)C(=O)NC(CC(=O)O)C(=O)O. The van der Waals surface area contributed by atoms with Crippen LogP contribution in [-0.2, 0) is 28.8 Å². The second-order valence-electron chi connectivity index (χ2n) is 6.62. The fraction of sp³-hybridized carbons (Fsp3) is 0.625. The Morgan fingerprint density at radius 2 is 1.62 bits per heavy atom. The molecule has 0 radical (unpaired) electrons. The largest absolute Gasteiger partial charge is 0.481 e. The van der Waals surface area contributed by atoms with Crippen LogP contribution in [0.25, 0.3) is 0 Å². The Labute approximate surface area is 165 Å². The fourth-order valence-electron chi connectivity index (χ4n) is 2.84. The summed E-state index contributed by atoms with van der Waals surface area (Å²) in [5, 5.41) is 30.7. The molecule has 0 aromatic rings. The van der Waals surface area contributed by atoms with Gasteiger partial charge in [-0.15, -0.1) is 0 Å². The van der Waals surface area contributed by atoms with Crippen molar-refractivity contribution >= 4 is 35.6 Å². The van der Waals surface area contributed by atoms with Gasteiger partial charge in [-0.05, 0) is 19.8 Å². The van der Waals surface area contributed by atoms with Crippen molar-refractivity contribution in [3.63, 3.8) is 0 Å². The summed E-state index contributed by atoms with van der Waals surface area (Å²) in [7, 11) is 0. The van der Waals surface area contributed by atoms with Crippen LogP contribution in [0.15, 0.2) is 0 Å². The molecule has 3 amide bonds. The first-order valence-corrected chi connectivity index (χ1v) is 8.77. The molecule has 1 saturated heterocycles. The van der Waals surface area contributed by atoms with E-state index in [1.54, 1.807) is 0 Å². The molecule has 29 heavy (non-hydrogen) atoms. The molecule has 1 aliphatic heterocycles. The third kappa shape index (κ3) is 7.03. The van der Waals surface area contributed by atoms with E-state index in [0.29, 0.717) is 6.42 Å². The van der Waals surface area contributed by atoms with E-state index in [1.165, 1.54) is 6.92 Å². The van der Waals surface area contributed by atoms with Crippen LogP contribution < -0.4 is 16.4 Å². The van der Waals surface area contributed by atoms with Crippen molar-refractivity contribution in [1.29, 1.82) is 0 Å². The third-order valence-electron chi connectivity index (χ3n) is 4.30. The van der Waals surface area contributed by atoms with E-state index >= 15 is 0 Å². The van der Waals surface area contributed by atoms with Crippen LogP contribution in [0.1, 0.15) is 32.6 Å². The van der Waals surface area contributed by atoms with E-state index in [4.69, 9.17) is 21.1 Å². The molecule has 7 N–H and O–H groups in total. The first kappa shape index (κ1) is 23.8. The van der Waals surface area contributed by atoms with E-state index in [9.17, 15) is 28.8 Å². The second kappa shape index (κ2) is 10.4. The molecule has 0 saturated carbocycles. The average Bonchev–Trinajstić information content (AvgIpc) is 3.08. The van der Waals surface area contributed by atoms with Gasteiger partial charge >= 0.3 is 17.9 Å². The Morgan fingerprint density at radius 1 is 1.03 bits per heavy atom. The highest BCUT2D eigenvalue weighted by atomic mass is 16.4. The van der Waals surface area contributed by atoms with Crippen LogP contribution in [-0.4, -0.2) is 86.6 Å². The molecule has 0 aliphatic carbocycles. The van der Waals surface area contributed by atoms with Crippen molar-refractivity contribution in [1.82, 2.24) is 15.5 Å². The van der Waals surface area contributed by atoms with E-state index < -0.39 is 72.6 Å². The number of carbonyl (C=O) groups excluding carboxylic acids is 3. The smallest absolute Gasteiger partial charge is 0.326 e. The van der Waals surface area contributed by atoms with Crippen molar-refractivity contribution in [2.45, 2.75) is 56.8 Å². The maximum atomic E-state index is 12.5. The van der Waals surface area contributed by atoms with Crippen LogP contribution >= 0.6 is 0 Å². The summed E-state index contributed by atoms with van der Waals surface area (Å²) >= 11 is 0. The number of carbonyl (C=O) groups is 6. The topological polar surface area (TPSA) is 216 Å². The molecule has 0 aromatic heterocycles. The zero-order valence-corrected chi connectivity index (χ0v) is 15.7. The summed E-state index contributed by atoms with van der Waals surface area (Å²) in [4.78, 5) is 70.4. The zero-order valence-electron chi connectivity index (χ0n) is 15.7. The quantitative estimate of drug-likeness (QED) is 0.217. The normalized spacial score (nSPS) is 19.0. The Bertz CT molecular complexity index is 696. The monoisotopic (exact) mass is 416 g/mol. The van der Waals surface area contributed by atoms with Gasteiger partial charge in [-0.1, -0.05) is 0 Å². The molecule has 13 heteroatoms. The Hall–Kier alpha value is -3.22. The third-order valence-corrected chi connectivity index (χ3v) is 4.30. The van der Waals surface area contributed by atoms with Crippen LogP contribution in [0.2, 0.25) is 0 Å². The van der Waals surface area contributed by atoms with E-state index in [1.807, 2.05) is 5.32 Å². The molecule has 1 rings (SSSR count). The predicted octanol–water partition coefficient (Wildman–Crippen LogP) is -2.67. The van der Waals surface area contributed by atoms with Crippen LogP contribution in [0.5, 0.6) is 0 Å². The average molecular weight is 416 g/mol. The number of nitrogens with two attached hydrogens (primary N) is 1. The van der Waals surface area contributed by atoms with Gasteiger partial charge in [0.05, 0.1) is 18.9 Å². The minimum atomic E-state index is -1.67. The van der Waals surface area contributed by atoms with Crippen LogP contribution in [0, 0.1) is 0 Å². The first-order chi connectivity index (χ1) is 13.4. The summed E-state index contributed by atoms with van der Waals surface area (Å²) in [5.41, 5.74) is 5.56. The number of nitrogens with zero attached hydrogens (tertiary/aromatic N) is 1. The Balaban J connectivity index is 2.71. The molecule has 13 nitrogen and oxygen atoms in total. The standard InChI is InChI=1S/C16H24N4O9/c1-7(13(25)19-9(16(28)29)6-12(23)24)18-14(26)10-3-2-4-20(10)15(27)8(17)5-11(21)22/h7-10H,2-6,17H2,1H3,(H,18,26)(H,19,25)(H,21,22)(H,23,24)(H,28,29). The summed E-state index contributed by atoms with van der Waals surface area (Å²) < 4.78 is 0. The molecule has 0 spiro atoms. The highest BCUT2D eigenvalue weighted by Crippen LogP contribution is 2.19. The Morgan fingerprint density at radius 3 is 2.14 bits per heavy atom. The van der Waals surface area contributed by atoms with Gasteiger partial charge in [0.2, 0.25) is 17.7 Å². The van der Waals surface area contributed by atoms with Gasteiger partial charge < -0.3 is 36.6 Å². The lowest BCUT2D eigenvalue weighted by molar-refractivity contribution is -0.147.